The summed E-state index contributed by atoms with van der Waals surface area (Å²) in [4.78, 5) is 12.5. The van der Waals surface area contributed by atoms with Crippen LogP contribution in [0.5, 0.6) is 0 Å². The molecule has 7 heteroatoms. The van der Waals surface area contributed by atoms with Crippen LogP contribution in [0.1, 0.15) is 44.4 Å². The Balaban J connectivity index is 1.88. The predicted octanol–water partition coefficient (Wildman–Crippen LogP) is 4.19. The second-order valence-electron chi connectivity index (χ2n) is 7.23. The summed E-state index contributed by atoms with van der Waals surface area (Å²) in [7, 11) is -3.49. The number of nitrogens with one attached hydrogen (secondary N) is 2. The number of sulfonamides is 1. The minimum absolute atomic E-state index is 0.0391. The number of hydrogen-bond acceptors (Lipinski definition) is 3. The number of benzene rings is 2. The predicted molar refractivity (Wildman–Crippen MR) is 115 cm³/mol. The lowest BCUT2D eigenvalue weighted by molar-refractivity contribution is -0.121. The van der Waals surface area contributed by atoms with E-state index in [1.165, 1.54) is 0 Å². The Morgan fingerprint density at radius 2 is 1.75 bits per heavy atom. The van der Waals surface area contributed by atoms with E-state index in [0.29, 0.717) is 19.4 Å². The second-order valence-corrected chi connectivity index (χ2v) is 9.92. The van der Waals surface area contributed by atoms with E-state index in [1.807, 2.05) is 45.0 Å². The highest BCUT2D eigenvalue weighted by Gasteiger charge is 2.14. The van der Waals surface area contributed by atoms with Gasteiger partial charge in [0, 0.05) is 17.4 Å². The Bertz CT molecular complexity index is 896. The van der Waals surface area contributed by atoms with Crippen molar-refractivity contribution in [3.63, 3.8) is 0 Å². The van der Waals surface area contributed by atoms with E-state index in [1.54, 1.807) is 24.3 Å². The van der Waals surface area contributed by atoms with E-state index < -0.39 is 10.0 Å². The molecular formula is C21H27BrN2O3S. The number of rotatable bonds is 9. The third kappa shape index (κ3) is 7.04. The van der Waals surface area contributed by atoms with E-state index in [4.69, 9.17) is 0 Å². The number of halogens is 1. The van der Waals surface area contributed by atoms with Crippen LogP contribution in [0, 0.1) is 5.92 Å². The molecule has 0 fully saturated rings. The SMILES string of the molecule is CC(C)CNS(=O)(=O)c1ccc(CCC(=O)N[C@H](C)c2cccc(Br)c2)cc1. The van der Waals surface area contributed by atoms with Gasteiger partial charge in [-0.25, -0.2) is 13.1 Å². The van der Waals surface area contributed by atoms with Gasteiger partial charge in [-0.05, 0) is 54.7 Å². The molecule has 2 N–H and O–H groups in total. The summed E-state index contributed by atoms with van der Waals surface area (Å²) in [5.74, 6) is 0.203. The minimum Gasteiger partial charge on any atom is -0.350 e. The van der Waals surface area contributed by atoms with E-state index in [9.17, 15) is 13.2 Å². The third-order valence-electron chi connectivity index (χ3n) is 4.28. The first kappa shape index (κ1) is 22.6. The normalized spacial score (nSPS) is 12.8. The lowest BCUT2D eigenvalue weighted by atomic mass is 10.1. The van der Waals surface area contributed by atoms with E-state index in [2.05, 4.69) is 26.0 Å². The summed E-state index contributed by atoms with van der Waals surface area (Å²) in [6.45, 7) is 6.26. The standard InChI is InChI=1S/C21H27BrN2O3S/c1-15(2)14-23-28(26,27)20-10-7-17(8-11-20)9-12-21(25)24-16(3)18-5-4-6-19(22)13-18/h4-8,10-11,13,15-16,23H,9,12,14H2,1-3H3,(H,24,25)/t16-/m1/s1. The molecule has 28 heavy (non-hydrogen) atoms. The second kappa shape index (κ2) is 10.2. The molecule has 0 aliphatic heterocycles. The van der Waals surface area contributed by atoms with Crippen molar-refractivity contribution < 1.29 is 13.2 Å². The fourth-order valence-electron chi connectivity index (χ4n) is 2.63. The Kier molecular flexibility index (Phi) is 8.22. The van der Waals surface area contributed by atoms with Crippen molar-refractivity contribution >= 4 is 31.9 Å². The van der Waals surface area contributed by atoms with E-state index >= 15 is 0 Å². The summed E-state index contributed by atoms with van der Waals surface area (Å²) in [6.07, 6.45) is 0.896. The van der Waals surface area contributed by atoms with Gasteiger partial charge in [-0.1, -0.05) is 54.0 Å². The molecule has 0 aliphatic rings. The molecule has 2 rings (SSSR count). The van der Waals surface area contributed by atoms with Crippen LogP contribution in [0.3, 0.4) is 0 Å². The first-order valence-corrected chi connectivity index (χ1v) is 11.6. The van der Waals surface area contributed by atoms with Crippen LogP contribution < -0.4 is 10.0 Å². The fraction of sp³-hybridized carbons (Fsp3) is 0.381. The Morgan fingerprint density at radius 1 is 1.07 bits per heavy atom. The van der Waals surface area contributed by atoms with Crippen molar-refractivity contribution in [3.05, 3.63) is 64.1 Å². The molecule has 2 aromatic carbocycles. The summed E-state index contributed by atoms with van der Waals surface area (Å²) in [5, 5.41) is 2.99. The smallest absolute Gasteiger partial charge is 0.240 e. The van der Waals surface area contributed by atoms with Gasteiger partial charge in [0.05, 0.1) is 10.9 Å². The van der Waals surface area contributed by atoms with Gasteiger partial charge in [0.2, 0.25) is 15.9 Å². The maximum atomic E-state index is 12.2. The first-order valence-electron chi connectivity index (χ1n) is 9.31. The summed E-state index contributed by atoms with van der Waals surface area (Å²) in [5.41, 5.74) is 1.96. The average molecular weight is 467 g/mol. The zero-order valence-electron chi connectivity index (χ0n) is 16.4. The average Bonchev–Trinajstić information content (AvgIpc) is 2.65. The molecular weight excluding hydrogens is 440 g/mol. The first-order chi connectivity index (χ1) is 13.2. The van der Waals surface area contributed by atoms with Crippen LogP contribution in [0.4, 0.5) is 0 Å². The molecule has 0 aromatic heterocycles. The largest absolute Gasteiger partial charge is 0.350 e. The van der Waals surface area contributed by atoms with Crippen LogP contribution in [0.2, 0.25) is 0 Å². The molecule has 0 saturated carbocycles. The van der Waals surface area contributed by atoms with E-state index in [-0.39, 0.29) is 22.8 Å². The van der Waals surface area contributed by atoms with Crippen molar-refractivity contribution in [2.24, 2.45) is 5.92 Å². The zero-order chi connectivity index (χ0) is 20.7. The Morgan fingerprint density at radius 3 is 2.36 bits per heavy atom. The molecule has 0 heterocycles. The number of carbonyl (C=O) groups is 1. The van der Waals surface area contributed by atoms with Crippen LogP contribution in [-0.2, 0) is 21.2 Å². The molecule has 1 amide bonds. The van der Waals surface area contributed by atoms with Crippen LogP contribution in [-0.4, -0.2) is 20.9 Å². The fourth-order valence-corrected chi connectivity index (χ4v) is 4.26. The van der Waals surface area contributed by atoms with Crippen LogP contribution >= 0.6 is 15.9 Å². The maximum Gasteiger partial charge on any atom is 0.240 e. The highest BCUT2D eigenvalue weighted by atomic mass is 79.9. The third-order valence-corrected chi connectivity index (χ3v) is 6.21. The molecule has 0 spiro atoms. The summed E-state index contributed by atoms with van der Waals surface area (Å²) in [6, 6.07) is 14.4. The quantitative estimate of drug-likeness (QED) is 0.581. The van der Waals surface area contributed by atoms with Gasteiger partial charge in [-0.15, -0.1) is 0 Å². The number of hydrogen-bond donors (Lipinski definition) is 2. The Hall–Kier alpha value is -1.70. The molecule has 0 radical (unpaired) electrons. The van der Waals surface area contributed by atoms with Gasteiger partial charge in [-0.2, -0.15) is 0 Å². The number of aryl methyl sites for hydroxylation is 1. The molecule has 0 saturated heterocycles. The van der Waals surface area contributed by atoms with Crippen molar-refractivity contribution in [3.8, 4) is 0 Å². The molecule has 1 atom stereocenters. The van der Waals surface area contributed by atoms with Gasteiger partial charge in [-0.3, -0.25) is 4.79 Å². The topological polar surface area (TPSA) is 75.3 Å². The van der Waals surface area contributed by atoms with Crippen molar-refractivity contribution in [1.82, 2.24) is 10.0 Å². The minimum atomic E-state index is -3.49. The van der Waals surface area contributed by atoms with Crippen molar-refractivity contribution in [2.45, 2.75) is 44.6 Å². The van der Waals surface area contributed by atoms with E-state index in [0.717, 1.165) is 15.6 Å². The molecule has 0 bridgehead atoms. The van der Waals surface area contributed by atoms with Gasteiger partial charge in [0.25, 0.3) is 0 Å². The molecule has 5 nitrogen and oxygen atoms in total. The molecule has 0 aliphatic carbocycles. The lowest BCUT2D eigenvalue weighted by Crippen LogP contribution is -2.27. The molecule has 0 unspecified atom stereocenters. The van der Waals surface area contributed by atoms with Crippen molar-refractivity contribution in [2.75, 3.05) is 6.54 Å². The highest BCUT2D eigenvalue weighted by molar-refractivity contribution is 9.10. The highest BCUT2D eigenvalue weighted by Crippen LogP contribution is 2.18. The number of amides is 1. The van der Waals surface area contributed by atoms with Gasteiger partial charge in [0.1, 0.15) is 0 Å². The monoisotopic (exact) mass is 466 g/mol. The molecule has 2 aromatic rings. The lowest BCUT2D eigenvalue weighted by Gasteiger charge is -2.15. The maximum absolute atomic E-state index is 12.2. The van der Waals surface area contributed by atoms with Gasteiger partial charge < -0.3 is 5.32 Å². The van der Waals surface area contributed by atoms with Gasteiger partial charge in [0.15, 0.2) is 0 Å². The Labute approximate surface area is 176 Å². The zero-order valence-corrected chi connectivity index (χ0v) is 18.8. The molecule has 152 valence electrons. The van der Waals surface area contributed by atoms with Crippen LogP contribution in [0.15, 0.2) is 57.9 Å². The van der Waals surface area contributed by atoms with Crippen molar-refractivity contribution in [1.29, 1.82) is 0 Å². The number of carbonyl (C=O) groups excluding carboxylic acids is 1. The summed E-state index contributed by atoms with van der Waals surface area (Å²) >= 11 is 3.43. The van der Waals surface area contributed by atoms with Crippen LogP contribution in [0.25, 0.3) is 0 Å². The summed E-state index contributed by atoms with van der Waals surface area (Å²) < 4.78 is 28.0. The van der Waals surface area contributed by atoms with Gasteiger partial charge >= 0.3 is 0 Å².